The molecule has 4 rings (SSSR count). The summed E-state index contributed by atoms with van der Waals surface area (Å²) in [4.78, 5) is 43.0. The Morgan fingerprint density at radius 3 is 2.69 bits per heavy atom. The van der Waals surface area contributed by atoms with Crippen LogP contribution in [0.4, 0.5) is 5.69 Å². The Kier molecular flexibility index (Phi) is 4.48. The highest BCUT2D eigenvalue weighted by atomic mass is 32.1. The lowest BCUT2D eigenvalue weighted by Gasteiger charge is -2.07. The number of non-ortho nitro benzene ring substituents is 1. The molecule has 2 N–H and O–H groups in total. The van der Waals surface area contributed by atoms with E-state index in [0.717, 1.165) is 16.0 Å². The van der Waals surface area contributed by atoms with Crippen molar-refractivity contribution in [2.75, 3.05) is 5.43 Å². The molecule has 1 aromatic carbocycles. The lowest BCUT2D eigenvalue weighted by atomic mass is 10.1. The molecule has 1 aliphatic rings. The van der Waals surface area contributed by atoms with Crippen LogP contribution in [0.25, 0.3) is 5.57 Å². The molecule has 0 aliphatic carbocycles. The average Bonchev–Trinajstić information content (AvgIpc) is 3.17. The van der Waals surface area contributed by atoms with Crippen LogP contribution in [0, 0.1) is 14.1 Å². The van der Waals surface area contributed by atoms with E-state index in [1.807, 2.05) is 0 Å². The molecular weight excluding hydrogens is 418 g/mol. The Labute approximate surface area is 170 Å². The SMILES string of the molecule is O=C1N=c2ccc([N+](=O)[O-])cc2=C1c1sc(=S)n(NC(=O)c2ccncc2)c1O. The van der Waals surface area contributed by atoms with Gasteiger partial charge in [0.05, 0.1) is 15.9 Å². The van der Waals surface area contributed by atoms with E-state index in [2.05, 4.69) is 15.4 Å². The fraction of sp³-hybridized carbons (Fsp3) is 0. The summed E-state index contributed by atoms with van der Waals surface area (Å²) in [7, 11) is 0. The first-order chi connectivity index (χ1) is 13.9. The Morgan fingerprint density at radius 2 is 2.00 bits per heavy atom. The van der Waals surface area contributed by atoms with Gasteiger partial charge in [0, 0.05) is 35.3 Å². The van der Waals surface area contributed by atoms with Crippen molar-refractivity contribution in [1.29, 1.82) is 0 Å². The fourth-order valence-electron chi connectivity index (χ4n) is 2.73. The zero-order valence-corrected chi connectivity index (χ0v) is 15.9. The minimum atomic E-state index is -0.667. The number of pyridine rings is 1. The largest absolute Gasteiger partial charge is 0.492 e. The maximum Gasteiger partial charge on any atom is 0.279 e. The lowest BCUT2D eigenvalue weighted by Crippen LogP contribution is -2.24. The van der Waals surface area contributed by atoms with Gasteiger partial charge in [-0.3, -0.25) is 30.1 Å². The number of benzene rings is 1. The number of nitrogens with zero attached hydrogens (tertiary/aromatic N) is 4. The van der Waals surface area contributed by atoms with E-state index in [9.17, 15) is 24.8 Å². The quantitative estimate of drug-likeness (QED) is 0.360. The summed E-state index contributed by atoms with van der Waals surface area (Å²) in [5.74, 6) is -1.69. The van der Waals surface area contributed by atoms with Crippen molar-refractivity contribution in [3.63, 3.8) is 0 Å². The van der Waals surface area contributed by atoms with Crippen LogP contribution in [0.5, 0.6) is 5.88 Å². The number of nitro groups is 1. The molecule has 10 nitrogen and oxygen atoms in total. The number of hydrogen-bond donors (Lipinski definition) is 2. The maximum atomic E-state index is 12.4. The number of amides is 2. The van der Waals surface area contributed by atoms with Gasteiger partial charge in [0.1, 0.15) is 4.88 Å². The number of rotatable bonds is 4. The zero-order valence-electron chi connectivity index (χ0n) is 14.2. The standard InChI is InChI=1S/C17H9N5O5S2/c23-14(8-3-5-18-6-4-8)20-21-16(25)13(29-17(21)28)12-10-7-9(22(26)27)1-2-11(10)19-15(12)24/h1-7,25H,(H,20,23). The number of carbonyl (C=O) groups is 2. The number of aromatic nitrogens is 2. The highest BCUT2D eigenvalue weighted by Gasteiger charge is 2.27. The van der Waals surface area contributed by atoms with Crippen LogP contribution < -0.4 is 16.0 Å². The second-order valence-electron chi connectivity index (χ2n) is 5.78. The maximum absolute atomic E-state index is 12.4. The molecule has 3 aromatic rings. The number of hydrogen-bond acceptors (Lipinski definition) is 8. The van der Waals surface area contributed by atoms with Crippen LogP contribution in [-0.2, 0) is 4.79 Å². The molecule has 0 radical (unpaired) electrons. The number of aromatic hydroxyl groups is 1. The molecule has 0 spiro atoms. The summed E-state index contributed by atoms with van der Waals surface area (Å²) in [5, 5.41) is 22.1. The first-order valence-electron chi connectivity index (χ1n) is 7.95. The first-order valence-corrected chi connectivity index (χ1v) is 9.17. The van der Waals surface area contributed by atoms with Gasteiger partial charge in [-0.1, -0.05) is 11.3 Å². The van der Waals surface area contributed by atoms with Crippen molar-refractivity contribution in [3.8, 4) is 5.88 Å². The number of thiazole rings is 1. The van der Waals surface area contributed by atoms with Crippen molar-refractivity contribution < 1.29 is 19.6 Å². The van der Waals surface area contributed by atoms with Crippen LogP contribution in [0.1, 0.15) is 15.2 Å². The van der Waals surface area contributed by atoms with Crippen LogP contribution >= 0.6 is 23.6 Å². The molecule has 3 heterocycles. The third-order valence-corrected chi connectivity index (χ3v) is 5.45. The number of carbonyl (C=O) groups excluding carboxylic acids is 2. The van der Waals surface area contributed by atoms with E-state index in [1.54, 1.807) is 0 Å². The molecule has 0 saturated heterocycles. The van der Waals surface area contributed by atoms with Crippen LogP contribution in [-0.4, -0.2) is 31.5 Å². The van der Waals surface area contributed by atoms with Gasteiger partial charge in [0.15, 0.2) is 3.95 Å². The molecule has 2 amide bonds. The average molecular weight is 427 g/mol. The predicted molar refractivity (Wildman–Crippen MR) is 104 cm³/mol. The van der Waals surface area contributed by atoms with E-state index < -0.39 is 22.6 Å². The van der Waals surface area contributed by atoms with E-state index >= 15 is 0 Å². The van der Waals surface area contributed by atoms with Gasteiger partial charge < -0.3 is 5.11 Å². The molecule has 12 heteroatoms. The van der Waals surface area contributed by atoms with Crippen LogP contribution in [0.15, 0.2) is 47.7 Å². The topological polar surface area (TPSA) is 140 Å². The number of nitrogens with one attached hydrogen (secondary N) is 1. The highest BCUT2D eigenvalue weighted by Crippen LogP contribution is 2.32. The van der Waals surface area contributed by atoms with Crippen molar-refractivity contribution in [2.24, 2.45) is 4.99 Å². The lowest BCUT2D eigenvalue weighted by molar-refractivity contribution is -0.385. The van der Waals surface area contributed by atoms with Crippen LogP contribution in [0.2, 0.25) is 0 Å². The van der Waals surface area contributed by atoms with Crippen molar-refractivity contribution in [3.05, 3.63) is 77.8 Å². The van der Waals surface area contributed by atoms with Gasteiger partial charge in [-0.2, -0.15) is 4.68 Å². The minimum absolute atomic E-state index is 0.0192. The summed E-state index contributed by atoms with van der Waals surface area (Å²) in [5.41, 5.74) is 2.49. The van der Waals surface area contributed by atoms with Gasteiger partial charge >= 0.3 is 0 Å². The minimum Gasteiger partial charge on any atom is -0.492 e. The Bertz CT molecular complexity index is 1380. The normalized spacial score (nSPS) is 12.4. The molecule has 0 fully saturated rings. The van der Waals surface area contributed by atoms with E-state index in [0.29, 0.717) is 0 Å². The second kappa shape index (κ2) is 7.00. The number of nitro benzene ring substituents is 1. The van der Waals surface area contributed by atoms with Gasteiger partial charge in [-0.15, -0.1) is 0 Å². The van der Waals surface area contributed by atoms with Crippen molar-refractivity contribution >= 4 is 46.6 Å². The summed E-state index contributed by atoms with van der Waals surface area (Å²) < 4.78 is 1.03. The summed E-state index contributed by atoms with van der Waals surface area (Å²) in [6.07, 6.45) is 2.87. The van der Waals surface area contributed by atoms with E-state index in [1.165, 1.54) is 42.7 Å². The smallest absolute Gasteiger partial charge is 0.279 e. The fourth-order valence-corrected chi connectivity index (χ4v) is 3.99. The molecular formula is C17H9N5O5S2. The molecule has 144 valence electrons. The summed E-state index contributed by atoms with van der Waals surface area (Å²) in [6, 6.07) is 6.76. The molecule has 0 unspecified atom stereocenters. The van der Waals surface area contributed by atoms with Crippen molar-refractivity contribution in [1.82, 2.24) is 9.66 Å². The number of fused-ring (bicyclic) bond motifs is 1. The Morgan fingerprint density at radius 1 is 1.28 bits per heavy atom. The van der Waals surface area contributed by atoms with Gasteiger partial charge in [0.2, 0.25) is 5.88 Å². The predicted octanol–water partition coefficient (Wildman–Crippen LogP) is 1.03. The zero-order chi connectivity index (χ0) is 20.7. The van der Waals surface area contributed by atoms with Gasteiger partial charge in [-0.05, 0) is 30.4 Å². The van der Waals surface area contributed by atoms with Crippen LogP contribution in [0.3, 0.4) is 0 Å². The van der Waals surface area contributed by atoms with Crippen molar-refractivity contribution in [2.45, 2.75) is 0 Å². The molecule has 0 bridgehead atoms. The molecule has 1 aliphatic heterocycles. The first kappa shape index (κ1) is 18.6. The molecule has 2 aromatic heterocycles. The summed E-state index contributed by atoms with van der Waals surface area (Å²) >= 11 is 6.07. The Hall–Kier alpha value is -3.77. The third kappa shape index (κ3) is 3.19. The molecule has 29 heavy (non-hydrogen) atoms. The summed E-state index contributed by atoms with van der Waals surface area (Å²) in [6.45, 7) is 0. The molecule has 0 atom stereocenters. The highest BCUT2D eigenvalue weighted by molar-refractivity contribution is 7.73. The monoisotopic (exact) mass is 427 g/mol. The molecule has 0 saturated carbocycles. The van der Waals surface area contributed by atoms with Gasteiger partial charge in [0.25, 0.3) is 17.5 Å². The second-order valence-corrected chi connectivity index (χ2v) is 7.43. The third-order valence-electron chi connectivity index (χ3n) is 4.07. The van der Waals surface area contributed by atoms with E-state index in [-0.39, 0.29) is 36.2 Å². The Balaban J connectivity index is 1.83. The van der Waals surface area contributed by atoms with E-state index in [4.69, 9.17) is 12.2 Å². The van der Waals surface area contributed by atoms with Gasteiger partial charge in [-0.25, -0.2) is 4.99 Å².